The summed E-state index contributed by atoms with van der Waals surface area (Å²) < 4.78 is 49.0. The molecule has 0 heterocycles. The lowest BCUT2D eigenvalue weighted by molar-refractivity contribution is -0.138. The van der Waals surface area contributed by atoms with Crippen molar-refractivity contribution in [2.24, 2.45) is 0 Å². The second-order valence-electron chi connectivity index (χ2n) is 3.82. The van der Waals surface area contributed by atoms with Crippen molar-refractivity contribution in [3.63, 3.8) is 0 Å². The fourth-order valence-electron chi connectivity index (χ4n) is 1.66. The molecule has 0 aliphatic heterocycles. The molecule has 0 saturated heterocycles. The molecule has 0 unspecified atom stereocenters. The number of halogens is 5. The summed E-state index contributed by atoms with van der Waals surface area (Å²) in [5, 5.41) is 0. The minimum atomic E-state index is -4.52. The SMILES string of the molecule is CCc1cc(OCC=C(Cl)Cl)cc(C(F)(F)F)c1OC. The second-order valence-corrected chi connectivity index (χ2v) is 4.83. The van der Waals surface area contributed by atoms with E-state index in [2.05, 4.69) is 0 Å². The molecule has 1 rings (SSSR count). The zero-order valence-electron chi connectivity index (χ0n) is 10.9. The fourth-order valence-corrected chi connectivity index (χ4v) is 1.78. The van der Waals surface area contributed by atoms with Crippen LogP contribution < -0.4 is 9.47 Å². The van der Waals surface area contributed by atoms with E-state index in [1.54, 1.807) is 6.92 Å². The number of rotatable bonds is 5. The van der Waals surface area contributed by atoms with Gasteiger partial charge in [-0.2, -0.15) is 13.2 Å². The van der Waals surface area contributed by atoms with Crippen molar-refractivity contribution >= 4 is 23.2 Å². The molecule has 0 fully saturated rings. The van der Waals surface area contributed by atoms with Crippen molar-refractivity contribution in [3.05, 3.63) is 33.8 Å². The Bertz CT molecular complexity index is 495. The maximum Gasteiger partial charge on any atom is 0.420 e. The first-order valence-corrected chi connectivity index (χ1v) is 6.47. The van der Waals surface area contributed by atoms with Gasteiger partial charge in [0.25, 0.3) is 0 Å². The first kappa shape index (κ1) is 17.0. The first-order chi connectivity index (χ1) is 9.29. The number of hydrogen-bond acceptors (Lipinski definition) is 2. The minimum absolute atomic E-state index is 0.00901. The highest BCUT2D eigenvalue weighted by atomic mass is 35.5. The van der Waals surface area contributed by atoms with Gasteiger partial charge in [-0.1, -0.05) is 30.1 Å². The Balaban J connectivity index is 3.18. The average Bonchev–Trinajstić information content (AvgIpc) is 2.36. The van der Waals surface area contributed by atoms with E-state index in [0.29, 0.717) is 12.0 Å². The second kappa shape index (κ2) is 7.09. The lowest BCUT2D eigenvalue weighted by atomic mass is 10.1. The molecule has 0 aliphatic carbocycles. The monoisotopic (exact) mass is 328 g/mol. The predicted octanol–water partition coefficient (Wildman–Crippen LogP) is 4.97. The fraction of sp³-hybridized carbons (Fsp3) is 0.385. The van der Waals surface area contributed by atoms with Gasteiger partial charge in [-0.05, 0) is 30.2 Å². The van der Waals surface area contributed by atoms with Crippen LogP contribution in [0.3, 0.4) is 0 Å². The Kier molecular flexibility index (Phi) is 6.02. The van der Waals surface area contributed by atoms with Crippen LogP contribution in [0, 0.1) is 0 Å². The Hall–Kier alpha value is -1.07. The van der Waals surface area contributed by atoms with Crippen molar-refractivity contribution < 1.29 is 22.6 Å². The summed E-state index contributed by atoms with van der Waals surface area (Å²) in [5.74, 6) is -0.0981. The van der Waals surface area contributed by atoms with Crippen LogP contribution in [0.1, 0.15) is 18.1 Å². The van der Waals surface area contributed by atoms with E-state index in [9.17, 15) is 13.2 Å². The number of alkyl halides is 3. The van der Waals surface area contributed by atoms with E-state index in [-0.39, 0.29) is 22.6 Å². The lowest BCUT2D eigenvalue weighted by Crippen LogP contribution is -2.10. The van der Waals surface area contributed by atoms with Gasteiger partial charge in [-0.3, -0.25) is 0 Å². The summed E-state index contributed by atoms with van der Waals surface area (Å²) in [6.07, 6.45) is -2.80. The van der Waals surface area contributed by atoms with Crippen LogP contribution in [-0.4, -0.2) is 13.7 Å². The molecule has 0 aromatic heterocycles. The molecule has 0 atom stereocenters. The number of aryl methyl sites for hydroxylation is 1. The average molecular weight is 329 g/mol. The topological polar surface area (TPSA) is 18.5 Å². The van der Waals surface area contributed by atoms with E-state index in [1.807, 2.05) is 0 Å². The van der Waals surface area contributed by atoms with Crippen molar-refractivity contribution in [3.8, 4) is 11.5 Å². The van der Waals surface area contributed by atoms with Gasteiger partial charge in [0, 0.05) is 0 Å². The van der Waals surface area contributed by atoms with Crippen molar-refractivity contribution in [1.82, 2.24) is 0 Å². The Morgan fingerprint density at radius 1 is 1.30 bits per heavy atom. The molecule has 1 aromatic carbocycles. The zero-order chi connectivity index (χ0) is 15.3. The number of benzene rings is 1. The molecule has 0 aliphatic rings. The summed E-state index contributed by atoms with van der Waals surface area (Å²) in [7, 11) is 1.21. The van der Waals surface area contributed by atoms with Crippen molar-refractivity contribution in [2.45, 2.75) is 19.5 Å². The van der Waals surface area contributed by atoms with Crippen LogP contribution in [0.15, 0.2) is 22.7 Å². The van der Waals surface area contributed by atoms with Gasteiger partial charge in [-0.15, -0.1) is 0 Å². The molecule has 0 radical (unpaired) electrons. The van der Waals surface area contributed by atoms with E-state index < -0.39 is 11.7 Å². The Morgan fingerprint density at radius 2 is 1.95 bits per heavy atom. The standard InChI is InChI=1S/C13H13Cl2F3O2/c1-3-8-6-9(20-5-4-11(14)15)7-10(12(8)19-2)13(16,17)18/h4,6-7H,3,5H2,1-2H3. The summed E-state index contributed by atoms with van der Waals surface area (Å²) in [6, 6.07) is 2.40. The van der Waals surface area contributed by atoms with Gasteiger partial charge < -0.3 is 9.47 Å². The number of ether oxygens (including phenoxy) is 2. The van der Waals surface area contributed by atoms with E-state index >= 15 is 0 Å². The van der Waals surface area contributed by atoms with Crippen LogP contribution in [-0.2, 0) is 12.6 Å². The Morgan fingerprint density at radius 3 is 2.40 bits per heavy atom. The molecule has 1 aromatic rings. The van der Waals surface area contributed by atoms with Crippen LogP contribution in [0.25, 0.3) is 0 Å². The molecular formula is C13H13Cl2F3O2. The molecule has 7 heteroatoms. The summed E-state index contributed by atoms with van der Waals surface area (Å²) in [6.45, 7) is 1.71. The Labute approximate surface area is 125 Å². The summed E-state index contributed by atoms with van der Waals surface area (Å²) in [5.41, 5.74) is -0.450. The van der Waals surface area contributed by atoms with Gasteiger partial charge in [0.2, 0.25) is 0 Å². The van der Waals surface area contributed by atoms with Crippen LogP contribution in [0.2, 0.25) is 0 Å². The maximum atomic E-state index is 13.0. The molecule has 0 saturated carbocycles. The van der Waals surface area contributed by atoms with Crippen molar-refractivity contribution in [1.29, 1.82) is 0 Å². The summed E-state index contributed by atoms with van der Waals surface area (Å²) >= 11 is 10.8. The van der Waals surface area contributed by atoms with E-state index in [0.717, 1.165) is 6.07 Å². The van der Waals surface area contributed by atoms with Gasteiger partial charge >= 0.3 is 6.18 Å². The highest BCUT2D eigenvalue weighted by molar-refractivity contribution is 6.55. The highest BCUT2D eigenvalue weighted by Crippen LogP contribution is 2.41. The summed E-state index contributed by atoms with van der Waals surface area (Å²) in [4.78, 5) is 0. The molecule has 0 bridgehead atoms. The largest absolute Gasteiger partial charge is 0.496 e. The van der Waals surface area contributed by atoms with Crippen LogP contribution in [0.4, 0.5) is 13.2 Å². The third-order valence-corrected chi connectivity index (χ3v) is 2.83. The van der Waals surface area contributed by atoms with Gasteiger partial charge in [0.15, 0.2) is 0 Å². The van der Waals surface area contributed by atoms with Gasteiger partial charge in [0.05, 0.1) is 7.11 Å². The molecule has 0 spiro atoms. The third kappa shape index (κ3) is 4.49. The van der Waals surface area contributed by atoms with Gasteiger partial charge in [-0.25, -0.2) is 0 Å². The maximum absolute atomic E-state index is 13.0. The molecule has 112 valence electrons. The normalized spacial score (nSPS) is 11.2. The molecule has 0 N–H and O–H groups in total. The van der Waals surface area contributed by atoms with E-state index in [1.165, 1.54) is 19.3 Å². The highest BCUT2D eigenvalue weighted by Gasteiger charge is 2.36. The number of hydrogen-bond donors (Lipinski definition) is 0. The lowest BCUT2D eigenvalue weighted by Gasteiger charge is -2.17. The predicted molar refractivity (Wildman–Crippen MR) is 72.7 cm³/mol. The molecule has 2 nitrogen and oxygen atoms in total. The smallest absolute Gasteiger partial charge is 0.420 e. The zero-order valence-corrected chi connectivity index (χ0v) is 12.4. The van der Waals surface area contributed by atoms with Crippen molar-refractivity contribution in [2.75, 3.05) is 13.7 Å². The van der Waals surface area contributed by atoms with E-state index in [4.69, 9.17) is 32.7 Å². The molecule has 20 heavy (non-hydrogen) atoms. The van der Waals surface area contributed by atoms with Crippen LogP contribution in [0.5, 0.6) is 11.5 Å². The molecule has 0 amide bonds. The van der Waals surface area contributed by atoms with Gasteiger partial charge in [0.1, 0.15) is 28.2 Å². The third-order valence-electron chi connectivity index (χ3n) is 2.52. The first-order valence-electron chi connectivity index (χ1n) is 5.71. The minimum Gasteiger partial charge on any atom is -0.496 e. The molecular weight excluding hydrogens is 316 g/mol. The van der Waals surface area contributed by atoms with Crippen LogP contribution >= 0.6 is 23.2 Å². The number of methoxy groups -OCH3 is 1. The quantitative estimate of drug-likeness (QED) is 0.759.